The first-order valence-corrected chi connectivity index (χ1v) is 16.2. The minimum atomic E-state index is -0.185. The molecular formula is C42H40N4OPd. The van der Waals surface area contributed by atoms with Crippen LogP contribution in [0.5, 0.6) is 11.5 Å². The zero-order chi connectivity index (χ0) is 33.2. The van der Waals surface area contributed by atoms with Gasteiger partial charge in [-0.15, -0.1) is 35.7 Å². The van der Waals surface area contributed by atoms with Crippen LogP contribution in [0.1, 0.15) is 60.0 Å². The van der Waals surface area contributed by atoms with Crippen LogP contribution >= 0.6 is 0 Å². The molecule has 5 nitrogen and oxygen atoms in total. The van der Waals surface area contributed by atoms with Crippen LogP contribution < -0.4 is 4.74 Å². The molecule has 0 amide bonds. The predicted molar refractivity (Wildman–Crippen MR) is 192 cm³/mol. The number of nitrogens with zero attached hydrogens (tertiary/aromatic N) is 4. The Morgan fingerprint density at radius 3 is 2.10 bits per heavy atom. The van der Waals surface area contributed by atoms with Crippen LogP contribution in [0.25, 0.3) is 44.4 Å². The van der Waals surface area contributed by atoms with Gasteiger partial charge in [0.15, 0.2) is 0 Å². The monoisotopic (exact) mass is 722 g/mol. The van der Waals surface area contributed by atoms with Gasteiger partial charge in [0.25, 0.3) is 0 Å². The largest absolute Gasteiger partial charge is 2.00 e. The summed E-state index contributed by atoms with van der Waals surface area (Å²) in [6.07, 6.45) is 1.85. The number of benzene rings is 4. The molecular weight excluding hydrogens is 683 g/mol. The SMILES string of the molecule is Cc1cc(Oc2[c-]c3c(cc2)c2ccccc2n3-c2cc(C)ccn2)[c-]c(-n2nc(C)c(-c3c(C)cc(C)cc3C)c2C(C)(C)C)c1.[Pd+2]. The molecule has 0 spiro atoms. The maximum absolute atomic E-state index is 6.55. The molecule has 0 unspecified atom stereocenters. The number of pyridine rings is 1. The second-order valence-corrected chi connectivity index (χ2v) is 13.9. The maximum Gasteiger partial charge on any atom is 2.00 e. The third kappa shape index (κ3) is 5.89. The minimum Gasteiger partial charge on any atom is -0.509 e. The second kappa shape index (κ2) is 12.5. The Bertz CT molecular complexity index is 2310. The van der Waals surface area contributed by atoms with Crippen LogP contribution in [0.2, 0.25) is 0 Å². The Kier molecular flexibility index (Phi) is 8.71. The van der Waals surface area contributed by atoms with Gasteiger partial charge < -0.3 is 9.30 Å². The van der Waals surface area contributed by atoms with Gasteiger partial charge in [-0.2, -0.15) is 16.7 Å². The number of rotatable bonds is 5. The first kappa shape index (κ1) is 33.4. The van der Waals surface area contributed by atoms with E-state index < -0.39 is 0 Å². The van der Waals surface area contributed by atoms with Crippen molar-refractivity contribution in [1.82, 2.24) is 19.3 Å². The molecule has 0 N–H and O–H groups in total. The van der Waals surface area contributed by atoms with Gasteiger partial charge in [0.05, 0.1) is 11.4 Å². The number of hydrogen-bond acceptors (Lipinski definition) is 3. The molecule has 3 heterocycles. The molecule has 7 aromatic rings. The Morgan fingerprint density at radius 2 is 1.40 bits per heavy atom. The molecule has 6 heteroatoms. The predicted octanol–water partition coefficient (Wildman–Crippen LogP) is 10.6. The van der Waals surface area contributed by atoms with Gasteiger partial charge in [-0.05, 0) is 86.1 Å². The molecule has 0 saturated heterocycles. The summed E-state index contributed by atoms with van der Waals surface area (Å²) in [4.78, 5) is 4.71. The van der Waals surface area contributed by atoms with Crippen molar-refractivity contribution < 1.29 is 25.2 Å². The van der Waals surface area contributed by atoms with Crippen molar-refractivity contribution in [3.05, 3.63) is 130 Å². The first-order chi connectivity index (χ1) is 22.4. The average Bonchev–Trinajstić information content (AvgIpc) is 3.51. The van der Waals surface area contributed by atoms with E-state index in [2.05, 4.69) is 138 Å². The topological polar surface area (TPSA) is 44.9 Å². The molecule has 0 atom stereocenters. The summed E-state index contributed by atoms with van der Waals surface area (Å²) in [5, 5.41) is 7.39. The smallest absolute Gasteiger partial charge is 0.509 e. The molecule has 7 rings (SSSR count). The quantitative estimate of drug-likeness (QED) is 0.131. The molecule has 0 aliphatic carbocycles. The summed E-state index contributed by atoms with van der Waals surface area (Å²) in [6.45, 7) is 19.6. The van der Waals surface area contributed by atoms with Crippen LogP contribution in [0.15, 0.2) is 79.0 Å². The number of aryl methyl sites for hydroxylation is 6. The number of aromatic nitrogens is 4. The van der Waals surface area contributed by atoms with Gasteiger partial charge >= 0.3 is 20.4 Å². The van der Waals surface area contributed by atoms with Crippen molar-refractivity contribution in [2.45, 2.75) is 67.7 Å². The number of fused-ring (bicyclic) bond motifs is 3. The molecule has 0 bridgehead atoms. The molecule has 3 aromatic heterocycles. The average molecular weight is 723 g/mol. The first-order valence-electron chi connectivity index (χ1n) is 16.2. The molecule has 0 aliphatic rings. The van der Waals surface area contributed by atoms with Gasteiger partial charge in [0, 0.05) is 34.2 Å². The van der Waals surface area contributed by atoms with Crippen molar-refractivity contribution in [2.24, 2.45) is 0 Å². The van der Waals surface area contributed by atoms with E-state index in [1.54, 1.807) is 0 Å². The number of para-hydroxylation sites is 1. The summed E-state index contributed by atoms with van der Waals surface area (Å²) < 4.78 is 10.8. The summed E-state index contributed by atoms with van der Waals surface area (Å²) in [5.74, 6) is 2.08. The van der Waals surface area contributed by atoms with Crippen molar-refractivity contribution in [3.63, 3.8) is 0 Å². The van der Waals surface area contributed by atoms with Gasteiger partial charge in [-0.25, -0.2) is 4.98 Å². The van der Waals surface area contributed by atoms with Gasteiger partial charge in [-0.3, -0.25) is 4.68 Å². The molecule has 0 radical (unpaired) electrons. The van der Waals surface area contributed by atoms with Crippen molar-refractivity contribution >= 4 is 21.8 Å². The van der Waals surface area contributed by atoms with E-state index in [9.17, 15) is 0 Å². The summed E-state index contributed by atoms with van der Waals surface area (Å²) in [5.41, 5.74) is 13.3. The van der Waals surface area contributed by atoms with E-state index in [1.807, 2.05) is 24.4 Å². The molecule has 4 aromatic carbocycles. The van der Waals surface area contributed by atoms with Gasteiger partial charge in [0.2, 0.25) is 0 Å². The van der Waals surface area contributed by atoms with E-state index in [0.717, 1.165) is 55.8 Å². The third-order valence-electron chi connectivity index (χ3n) is 8.81. The molecule has 0 saturated carbocycles. The van der Waals surface area contributed by atoms with Crippen LogP contribution in [0.3, 0.4) is 0 Å². The fraction of sp³-hybridized carbons (Fsp3) is 0.238. The molecule has 244 valence electrons. The van der Waals surface area contributed by atoms with E-state index >= 15 is 0 Å². The number of hydrogen-bond donors (Lipinski definition) is 0. The van der Waals surface area contributed by atoms with E-state index in [4.69, 9.17) is 14.8 Å². The Balaban J connectivity index is 0.00000401. The molecule has 0 aliphatic heterocycles. The zero-order valence-corrected chi connectivity index (χ0v) is 30.6. The van der Waals surface area contributed by atoms with E-state index in [1.165, 1.54) is 27.8 Å². The number of ether oxygens (including phenoxy) is 1. The Hall–Kier alpha value is -4.50. The Labute approximate surface area is 297 Å². The van der Waals surface area contributed by atoms with Crippen molar-refractivity contribution in [3.8, 4) is 34.1 Å². The molecule has 0 fully saturated rings. The summed E-state index contributed by atoms with van der Waals surface area (Å²) in [6, 6.07) is 32.4. The standard InChI is InChI=1S/C42H40N4O.Pd/c1-25-16-17-43-38(22-25)45-36-13-11-10-12-34(36)35-15-14-32(24-37(35)45)47-33-21-27(3)20-31(23-33)46-41(42(7,8)9)40(30(6)44-46)39-28(4)18-26(2)19-29(39)5;/h10-22H,1-9H3;/q-2;+2. The fourth-order valence-corrected chi connectivity index (χ4v) is 7.03. The van der Waals surface area contributed by atoms with Crippen LogP contribution in [-0.4, -0.2) is 19.3 Å². The minimum absolute atomic E-state index is 0. The van der Waals surface area contributed by atoms with Crippen LogP contribution in [-0.2, 0) is 25.8 Å². The van der Waals surface area contributed by atoms with Crippen LogP contribution in [0, 0.1) is 53.7 Å². The summed E-state index contributed by atoms with van der Waals surface area (Å²) in [7, 11) is 0. The zero-order valence-electron chi connectivity index (χ0n) is 29.0. The van der Waals surface area contributed by atoms with Crippen molar-refractivity contribution in [2.75, 3.05) is 0 Å². The third-order valence-corrected chi connectivity index (χ3v) is 8.81. The van der Waals surface area contributed by atoms with Gasteiger partial charge in [-0.1, -0.05) is 69.1 Å². The van der Waals surface area contributed by atoms with Crippen LogP contribution in [0.4, 0.5) is 0 Å². The Morgan fingerprint density at radius 1 is 0.688 bits per heavy atom. The molecule has 48 heavy (non-hydrogen) atoms. The normalized spacial score (nSPS) is 11.7. The van der Waals surface area contributed by atoms with Gasteiger partial charge in [0.1, 0.15) is 5.82 Å². The van der Waals surface area contributed by atoms with Crippen molar-refractivity contribution in [1.29, 1.82) is 0 Å². The van der Waals surface area contributed by atoms with E-state index in [0.29, 0.717) is 11.5 Å². The van der Waals surface area contributed by atoms with E-state index in [-0.39, 0.29) is 25.8 Å². The summed E-state index contributed by atoms with van der Waals surface area (Å²) >= 11 is 0. The fourth-order valence-electron chi connectivity index (χ4n) is 7.03. The second-order valence-electron chi connectivity index (χ2n) is 13.9. The maximum atomic E-state index is 6.55.